The number of alkyl halides is 3. The van der Waals surface area contributed by atoms with Crippen molar-refractivity contribution in [2.24, 2.45) is 0 Å². The van der Waals surface area contributed by atoms with E-state index in [1.54, 1.807) is 24.4 Å². The van der Waals surface area contributed by atoms with Crippen LogP contribution in [0.1, 0.15) is 6.42 Å². The van der Waals surface area contributed by atoms with Gasteiger partial charge in [-0.2, -0.15) is 13.2 Å². The normalized spacial score (nSPS) is 11.6. The molecule has 0 atom stereocenters. The van der Waals surface area contributed by atoms with Crippen LogP contribution < -0.4 is 0 Å². The number of hydrogen-bond donors (Lipinski definition) is 0. The summed E-state index contributed by atoms with van der Waals surface area (Å²) in [7, 11) is 0. The maximum Gasteiger partial charge on any atom is 0.389 e. The molecule has 1 heterocycles. The highest BCUT2D eigenvalue weighted by molar-refractivity contribution is 7.99. The van der Waals surface area contributed by atoms with Crippen molar-refractivity contribution >= 4 is 11.8 Å². The largest absolute Gasteiger partial charge is 0.389 e. The molecule has 1 aromatic rings. The van der Waals surface area contributed by atoms with Crippen molar-refractivity contribution in [3.05, 3.63) is 24.4 Å². The molecule has 0 bridgehead atoms. The van der Waals surface area contributed by atoms with Gasteiger partial charge in [0.15, 0.2) is 0 Å². The first-order valence-electron chi connectivity index (χ1n) is 3.68. The van der Waals surface area contributed by atoms with Crippen molar-refractivity contribution in [1.29, 1.82) is 0 Å². The average molecular weight is 207 g/mol. The predicted molar refractivity (Wildman–Crippen MR) is 45.6 cm³/mol. The number of thioether (sulfide) groups is 1. The molecule has 5 heteroatoms. The minimum absolute atomic E-state index is 0.0283. The number of rotatable bonds is 3. The lowest BCUT2D eigenvalue weighted by molar-refractivity contribution is -0.129. The molecule has 72 valence electrons. The highest BCUT2D eigenvalue weighted by Gasteiger charge is 2.26. The molecular formula is C8H8F3NS. The fourth-order valence-electron chi connectivity index (χ4n) is 0.704. The molecule has 0 fully saturated rings. The van der Waals surface area contributed by atoms with Gasteiger partial charge < -0.3 is 0 Å². The third-order valence-corrected chi connectivity index (χ3v) is 2.22. The van der Waals surface area contributed by atoms with Gasteiger partial charge in [-0.3, -0.25) is 0 Å². The second-order valence-corrected chi connectivity index (χ2v) is 3.50. The Kier molecular flexibility index (Phi) is 3.59. The first-order chi connectivity index (χ1) is 6.08. The number of halogens is 3. The molecule has 1 rings (SSSR count). The van der Waals surface area contributed by atoms with Crippen LogP contribution >= 0.6 is 11.8 Å². The lowest BCUT2D eigenvalue weighted by Crippen LogP contribution is -2.08. The van der Waals surface area contributed by atoms with E-state index in [9.17, 15) is 13.2 Å². The second-order valence-electron chi connectivity index (χ2n) is 2.38. The van der Waals surface area contributed by atoms with Crippen LogP contribution in [0.15, 0.2) is 29.4 Å². The van der Waals surface area contributed by atoms with Gasteiger partial charge in [-0.15, -0.1) is 11.8 Å². The highest BCUT2D eigenvalue weighted by Crippen LogP contribution is 2.24. The average Bonchev–Trinajstić information content (AvgIpc) is 2.04. The summed E-state index contributed by atoms with van der Waals surface area (Å²) in [5, 5.41) is 0.631. The van der Waals surface area contributed by atoms with Crippen molar-refractivity contribution in [3.63, 3.8) is 0 Å². The van der Waals surface area contributed by atoms with Crippen LogP contribution in [-0.4, -0.2) is 16.9 Å². The molecule has 0 saturated carbocycles. The monoisotopic (exact) mass is 207 g/mol. The summed E-state index contributed by atoms with van der Waals surface area (Å²) in [5.41, 5.74) is 0. The third kappa shape index (κ3) is 4.77. The van der Waals surface area contributed by atoms with Crippen molar-refractivity contribution in [1.82, 2.24) is 4.98 Å². The van der Waals surface area contributed by atoms with Gasteiger partial charge in [0, 0.05) is 11.9 Å². The Hall–Kier alpha value is -0.710. The fourth-order valence-corrected chi connectivity index (χ4v) is 1.56. The standard InChI is InChI=1S/C8H8F3NS/c9-8(10,11)4-6-13-7-3-1-2-5-12-7/h1-3,5H,4,6H2. The SMILES string of the molecule is FC(F)(F)CCSc1ccccn1. The Morgan fingerprint density at radius 3 is 2.62 bits per heavy atom. The molecule has 1 nitrogen and oxygen atoms in total. The summed E-state index contributed by atoms with van der Waals surface area (Å²) >= 11 is 1.12. The predicted octanol–water partition coefficient (Wildman–Crippen LogP) is 3.13. The van der Waals surface area contributed by atoms with E-state index < -0.39 is 12.6 Å². The molecule has 0 aliphatic carbocycles. The van der Waals surface area contributed by atoms with Gasteiger partial charge in [0.2, 0.25) is 0 Å². The maximum absolute atomic E-state index is 11.7. The summed E-state index contributed by atoms with van der Waals surface area (Å²) < 4.78 is 35.2. The molecule has 0 radical (unpaired) electrons. The van der Waals surface area contributed by atoms with E-state index in [0.29, 0.717) is 5.03 Å². The van der Waals surface area contributed by atoms with Crippen LogP contribution in [0.5, 0.6) is 0 Å². The Labute approximate surface area is 78.4 Å². The van der Waals surface area contributed by atoms with E-state index in [1.807, 2.05) is 0 Å². The van der Waals surface area contributed by atoms with Crippen LogP contribution in [-0.2, 0) is 0 Å². The zero-order valence-electron chi connectivity index (χ0n) is 6.71. The van der Waals surface area contributed by atoms with Crippen LogP contribution in [0.3, 0.4) is 0 Å². The molecule has 0 saturated heterocycles. The van der Waals surface area contributed by atoms with Crippen LogP contribution in [0, 0.1) is 0 Å². The zero-order chi connectivity index (χ0) is 9.73. The van der Waals surface area contributed by atoms with Crippen molar-refractivity contribution < 1.29 is 13.2 Å². The number of nitrogens with zero attached hydrogens (tertiary/aromatic N) is 1. The van der Waals surface area contributed by atoms with Crippen LogP contribution in [0.25, 0.3) is 0 Å². The topological polar surface area (TPSA) is 12.9 Å². The Balaban J connectivity index is 2.29. The van der Waals surface area contributed by atoms with Gasteiger partial charge >= 0.3 is 6.18 Å². The number of hydrogen-bond acceptors (Lipinski definition) is 2. The van der Waals surface area contributed by atoms with Gasteiger partial charge in [0.25, 0.3) is 0 Å². The summed E-state index contributed by atoms with van der Waals surface area (Å²) in [5.74, 6) is 0.0283. The highest BCUT2D eigenvalue weighted by atomic mass is 32.2. The number of aromatic nitrogens is 1. The Morgan fingerprint density at radius 1 is 1.31 bits per heavy atom. The Bertz CT molecular complexity index is 247. The molecule has 0 aliphatic rings. The maximum atomic E-state index is 11.7. The molecule has 0 aliphatic heterocycles. The first kappa shape index (κ1) is 10.4. The zero-order valence-corrected chi connectivity index (χ0v) is 7.53. The summed E-state index contributed by atoms with van der Waals surface area (Å²) in [6, 6.07) is 5.18. The first-order valence-corrected chi connectivity index (χ1v) is 4.67. The van der Waals surface area contributed by atoms with Crippen molar-refractivity contribution in [3.8, 4) is 0 Å². The van der Waals surface area contributed by atoms with Gasteiger partial charge in [-0.1, -0.05) is 6.07 Å². The van der Waals surface area contributed by atoms with Crippen LogP contribution in [0.2, 0.25) is 0 Å². The summed E-state index contributed by atoms with van der Waals surface area (Å²) in [6.45, 7) is 0. The van der Waals surface area contributed by atoms with Crippen LogP contribution in [0.4, 0.5) is 13.2 Å². The Morgan fingerprint density at radius 2 is 2.08 bits per heavy atom. The molecule has 0 N–H and O–H groups in total. The quantitative estimate of drug-likeness (QED) is 0.706. The van der Waals surface area contributed by atoms with Gasteiger partial charge in [0.1, 0.15) is 0 Å². The number of pyridine rings is 1. The van der Waals surface area contributed by atoms with Gasteiger partial charge in [0.05, 0.1) is 11.4 Å². The second kappa shape index (κ2) is 4.50. The lowest BCUT2D eigenvalue weighted by Gasteiger charge is -2.04. The van der Waals surface area contributed by atoms with E-state index in [0.717, 1.165) is 11.8 Å². The van der Waals surface area contributed by atoms with E-state index in [1.165, 1.54) is 0 Å². The molecule has 1 aromatic heterocycles. The van der Waals surface area contributed by atoms with Gasteiger partial charge in [-0.25, -0.2) is 4.98 Å². The lowest BCUT2D eigenvalue weighted by atomic mass is 10.5. The summed E-state index contributed by atoms with van der Waals surface area (Å²) in [4.78, 5) is 3.89. The van der Waals surface area contributed by atoms with Crippen molar-refractivity contribution in [2.75, 3.05) is 5.75 Å². The van der Waals surface area contributed by atoms with E-state index in [2.05, 4.69) is 4.98 Å². The van der Waals surface area contributed by atoms with E-state index >= 15 is 0 Å². The van der Waals surface area contributed by atoms with E-state index in [4.69, 9.17) is 0 Å². The molecule has 0 amide bonds. The molecule has 0 unspecified atom stereocenters. The van der Waals surface area contributed by atoms with Gasteiger partial charge in [-0.05, 0) is 12.1 Å². The smallest absolute Gasteiger partial charge is 0.250 e. The van der Waals surface area contributed by atoms with E-state index in [-0.39, 0.29) is 5.75 Å². The third-order valence-electron chi connectivity index (χ3n) is 1.27. The molecule has 13 heavy (non-hydrogen) atoms. The molecule has 0 spiro atoms. The fraction of sp³-hybridized carbons (Fsp3) is 0.375. The molecule has 0 aromatic carbocycles. The minimum Gasteiger partial charge on any atom is -0.250 e. The molecular weight excluding hydrogens is 199 g/mol. The summed E-state index contributed by atoms with van der Waals surface area (Å²) in [6.07, 6.45) is -3.27. The minimum atomic E-state index is -4.07. The van der Waals surface area contributed by atoms with Crippen molar-refractivity contribution in [2.45, 2.75) is 17.6 Å².